The van der Waals surface area contributed by atoms with Crippen LogP contribution in [0.2, 0.25) is 5.02 Å². The van der Waals surface area contributed by atoms with Gasteiger partial charge in [0, 0.05) is 5.02 Å². The van der Waals surface area contributed by atoms with Gasteiger partial charge in [0.1, 0.15) is 24.7 Å². The molecular formula is C15H15ClN2O3. The van der Waals surface area contributed by atoms with E-state index in [1.165, 1.54) is 0 Å². The Morgan fingerprint density at radius 3 is 2.52 bits per heavy atom. The lowest BCUT2D eigenvalue weighted by Gasteiger charge is -2.12. The summed E-state index contributed by atoms with van der Waals surface area (Å²) in [5.74, 6) is 1.17. The molecule has 0 amide bonds. The first-order chi connectivity index (χ1) is 10.2. The summed E-state index contributed by atoms with van der Waals surface area (Å²) in [6, 6.07) is 14.3. The molecule has 2 rings (SSSR count). The lowest BCUT2D eigenvalue weighted by Crippen LogP contribution is -2.16. The first kappa shape index (κ1) is 15.0. The Morgan fingerprint density at radius 1 is 1.10 bits per heavy atom. The lowest BCUT2D eigenvalue weighted by molar-refractivity contribution is 0.217. The van der Waals surface area contributed by atoms with Gasteiger partial charge in [-0.05, 0) is 30.3 Å². The van der Waals surface area contributed by atoms with Gasteiger partial charge < -0.3 is 20.4 Å². The molecule has 0 fully saturated rings. The van der Waals surface area contributed by atoms with Gasteiger partial charge in [0.25, 0.3) is 0 Å². The number of ether oxygens (including phenoxy) is 2. The Morgan fingerprint density at radius 2 is 1.81 bits per heavy atom. The molecule has 2 aromatic rings. The molecule has 5 nitrogen and oxygen atoms in total. The van der Waals surface area contributed by atoms with E-state index < -0.39 is 0 Å². The number of benzene rings is 2. The molecule has 0 heterocycles. The Bertz CT molecular complexity index is 618. The number of nitrogens with two attached hydrogens (primary N) is 1. The highest BCUT2D eigenvalue weighted by Crippen LogP contribution is 2.23. The number of hydrogen-bond donors (Lipinski definition) is 2. The minimum absolute atomic E-state index is 0.0364. The fourth-order valence-electron chi connectivity index (χ4n) is 1.71. The van der Waals surface area contributed by atoms with Gasteiger partial charge in [-0.2, -0.15) is 0 Å². The van der Waals surface area contributed by atoms with E-state index in [-0.39, 0.29) is 5.84 Å². The van der Waals surface area contributed by atoms with E-state index in [0.29, 0.717) is 29.5 Å². The fourth-order valence-corrected chi connectivity index (χ4v) is 1.87. The number of para-hydroxylation sites is 1. The fraction of sp³-hybridized carbons (Fsp3) is 0.133. The standard InChI is InChI=1S/C15H15ClN2O3/c16-11-6-7-13(15(17)18-19)14(10-11)21-9-8-20-12-4-2-1-3-5-12/h1-7,10,19H,8-9H2,(H2,17,18). The maximum Gasteiger partial charge on any atom is 0.173 e. The van der Waals surface area contributed by atoms with Crippen molar-refractivity contribution in [1.82, 2.24) is 0 Å². The lowest BCUT2D eigenvalue weighted by atomic mass is 10.2. The first-order valence-electron chi connectivity index (χ1n) is 6.29. The van der Waals surface area contributed by atoms with Gasteiger partial charge >= 0.3 is 0 Å². The second-order valence-corrected chi connectivity index (χ2v) is 4.57. The molecular weight excluding hydrogens is 292 g/mol. The van der Waals surface area contributed by atoms with Gasteiger partial charge in [0.15, 0.2) is 5.84 Å². The van der Waals surface area contributed by atoms with Crippen LogP contribution in [0.5, 0.6) is 11.5 Å². The molecule has 0 saturated carbocycles. The summed E-state index contributed by atoms with van der Waals surface area (Å²) in [5.41, 5.74) is 6.06. The van der Waals surface area contributed by atoms with Crippen LogP contribution in [-0.2, 0) is 0 Å². The van der Waals surface area contributed by atoms with Crippen molar-refractivity contribution in [3.63, 3.8) is 0 Å². The smallest absolute Gasteiger partial charge is 0.173 e. The van der Waals surface area contributed by atoms with Crippen LogP contribution in [0.15, 0.2) is 53.7 Å². The Hall–Kier alpha value is -2.40. The van der Waals surface area contributed by atoms with Gasteiger partial charge in [-0.25, -0.2) is 0 Å². The number of amidine groups is 1. The average Bonchev–Trinajstić information content (AvgIpc) is 2.52. The summed E-state index contributed by atoms with van der Waals surface area (Å²) >= 11 is 5.92. The molecule has 0 radical (unpaired) electrons. The van der Waals surface area contributed by atoms with Crippen LogP contribution >= 0.6 is 11.6 Å². The quantitative estimate of drug-likeness (QED) is 0.283. The molecule has 0 aliphatic rings. The average molecular weight is 307 g/mol. The van der Waals surface area contributed by atoms with E-state index in [2.05, 4.69) is 5.16 Å². The molecule has 0 aromatic heterocycles. The molecule has 0 bridgehead atoms. The monoisotopic (exact) mass is 306 g/mol. The minimum Gasteiger partial charge on any atom is -0.490 e. The molecule has 21 heavy (non-hydrogen) atoms. The largest absolute Gasteiger partial charge is 0.490 e. The number of hydrogen-bond acceptors (Lipinski definition) is 4. The van der Waals surface area contributed by atoms with Gasteiger partial charge in [-0.3, -0.25) is 0 Å². The molecule has 0 unspecified atom stereocenters. The van der Waals surface area contributed by atoms with E-state index >= 15 is 0 Å². The second kappa shape index (κ2) is 7.40. The van der Waals surface area contributed by atoms with Crippen molar-refractivity contribution < 1.29 is 14.7 Å². The highest BCUT2D eigenvalue weighted by atomic mass is 35.5. The van der Waals surface area contributed by atoms with Crippen molar-refractivity contribution >= 4 is 17.4 Å². The summed E-state index contributed by atoms with van der Waals surface area (Å²) in [7, 11) is 0. The number of oxime groups is 1. The predicted octanol–water partition coefficient (Wildman–Crippen LogP) is 2.89. The van der Waals surface area contributed by atoms with Gasteiger partial charge in [-0.1, -0.05) is 35.0 Å². The molecule has 0 atom stereocenters. The second-order valence-electron chi connectivity index (χ2n) is 4.14. The summed E-state index contributed by atoms with van der Waals surface area (Å²) < 4.78 is 11.1. The molecule has 110 valence electrons. The van der Waals surface area contributed by atoms with Crippen LogP contribution in [0.4, 0.5) is 0 Å². The van der Waals surface area contributed by atoms with Crippen LogP contribution < -0.4 is 15.2 Å². The van der Waals surface area contributed by atoms with E-state index in [0.717, 1.165) is 5.75 Å². The Balaban J connectivity index is 1.95. The zero-order chi connectivity index (χ0) is 15.1. The van der Waals surface area contributed by atoms with Crippen molar-refractivity contribution in [2.75, 3.05) is 13.2 Å². The SMILES string of the molecule is NC(=NO)c1ccc(Cl)cc1OCCOc1ccccc1. The molecule has 0 aliphatic carbocycles. The third-order valence-electron chi connectivity index (χ3n) is 2.68. The number of halogens is 1. The highest BCUT2D eigenvalue weighted by molar-refractivity contribution is 6.30. The zero-order valence-electron chi connectivity index (χ0n) is 11.2. The van der Waals surface area contributed by atoms with Crippen LogP contribution in [-0.4, -0.2) is 24.3 Å². The number of rotatable bonds is 6. The van der Waals surface area contributed by atoms with E-state index in [9.17, 15) is 0 Å². The van der Waals surface area contributed by atoms with Crippen LogP contribution in [0.1, 0.15) is 5.56 Å². The topological polar surface area (TPSA) is 77.1 Å². The number of nitrogens with zero attached hydrogens (tertiary/aromatic N) is 1. The van der Waals surface area contributed by atoms with Crippen LogP contribution in [0, 0.1) is 0 Å². The maximum absolute atomic E-state index is 8.75. The summed E-state index contributed by atoms with van der Waals surface area (Å²) in [5, 5.41) is 12.2. The van der Waals surface area contributed by atoms with E-state index in [1.54, 1.807) is 18.2 Å². The van der Waals surface area contributed by atoms with Crippen molar-refractivity contribution in [3.05, 3.63) is 59.1 Å². The normalized spacial score (nSPS) is 11.2. The van der Waals surface area contributed by atoms with Gasteiger partial charge in [-0.15, -0.1) is 0 Å². The minimum atomic E-state index is -0.0364. The highest BCUT2D eigenvalue weighted by Gasteiger charge is 2.09. The first-order valence-corrected chi connectivity index (χ1v) is 6.66. The van der Waals surface area contributed by atoms with Crippen molar-refractivity contribution in [2.24, 2.45) is 10.9 Å². The predicted molar refractivity (Wildman–Crippen MR) is 81.4 cm³/mol. The molecule has 0 aliphatic heterocycles. The third-order valence-corrected chi connectivity index (χ3v) is 2.92. The Kier molecular flexibility index (Phi) is 5.29. The molecule has 0 saturated heterocycles. The Labute approximate surface area is 127 Å². The van der Waals surface area contributed by atoms with E-state index in [4.69, 9.17) is 32.0 Å². The third kappa shape index (κ3) is 4.29. The summed E-state index contributed by atoms with van der Waals surface area (Å²) in [6.45, 7) is 0.674. The zero-order valence-corrected chi connectivity index (χ0v) is 12.0. The van der Waals surface area contributed by atoms with Crippen LogP contribution in [0.3, 0.4) is 0 Å². The summed E-state index contributed by atoms with van der Waals surface area (Å²) in [6.07, 6.45) is 0. The van der Waals surface area contributed by atoms with Crippen molar-refractivity contribution in [2.45, 2.75) is 0 Å². The molecule has 3 N–H and O–H groups in total. The van der Waals surface area contributed by atoms with Gasteiger partial charge in [0.2, 0.25) is 0 Å². The molecule has 0 spiro atoms. The summed E-state index contributed by atoms with van der Waals surface area (Å²) in [4.78, 5) is 0. The molecule has 2 aromatic carbocycles. The van der Waals surface area contributed by atoms with Crippen molar-refractivity contribution in [1.29, 1.82) is 0 Å². The van der Waals surface area contributed by atoms with E-state index in [1.807, 2.05) is 30.3 Å². The van der Waals surface area contributed by atoms with Crippen molar-refractivity contribution in [3.8, 4) is 11.5 Å². The van der Waals surface area contributed by atoms with Crippen LogP contribution in [0.25, 0.3) is 0 Å². The maximum atomic E-state index is 8.75. The van der Waals surface area contributed by atoms with Gasteiger partial charge in [0.05, 0.1) is 5.56 Å². The molecule has 6 heteroatoms.